The number of carbonyl (C=O) groups excluding carboxylic acids is 2. The molecule has 9 nitrogen and oxygen atoms in total. The summed E-state index contributed by atoms with van der Waals surface area (Å²) in [5.74, 6) is 0.760. The Hall–Kier alpha value is -4.44. The molecule has 2 heterocycles. The molecule has 0 saturated heterocycles. The van der Waals surface area contributed by atoms with Crippen LogP contribution in [0.1, 0.15) is 53.9 Å². The Morgan fingerprint density at radius 3 is 2.23 bits per heavy atom. The van der Waals surface area contributed by atoms with Gasteiger partial charge in [0.05, 0.1) is 25.7 Å². The number of hydrogen-bond donors (Lipinski definition) is 1. The maximum Gasteiger partial charge on any atom is 0.251 e. The van der Waals surface area contributed by atoms with E-state index in [-0.39, 0.29) is 24.1 Å². The van der Waals surface area contributed by atoms with Gasteiger partial charge in [0, 0.05) is 36.4 Å². The van der Waals surface area contributed by atoms with E-state index in [0.29, 0.717) is 33.8 Å². The molecule has 43 heavy (non-hydrogen) atoms. The standard InChI is InChI=1S/C33H37N5O4S/c1-21(2)25-9-11-26(12-10-25)31(32(40)37-28-14-13-27(41-5)17-29(28)42-6)38(19-24-8-7-15-34-18-24)30(39)20-43-33-35-22(3)16-23(4)36-33/h7-18,21,31H,19-20H2,1-6H3,(H,37,40). The van der Waals surface area contributed by atoms with Crippen molar-refractivity contribution in [2.45, 2.75) is 51.4 Å². The number of nitrogens with zero attached hydrogens (tertiary/aromatic N) is 4. The molecule has 1 atom stereocenters. The SMILES string of the molecule is COc1ccc(NC(=O)C(c2ccc(C(C)C)cc2)N(Cc2cccnc2)C(=O)CSc2nc(C)cc(C)n2)c(OC)c1. The summed E-state index contributed by atoms with van der Waals surface area (Å²) in [7, 11) is 3.09. The molecule has 0 radical (unpaired) electrons. The number of thioether (sulfide) groups is 1. The Kier molecular flexibility index (Phi) is 10.7. The summed E-state index contributed by atoms with van der Waals surface area (Å²) in [4.78, 5) is 43.0. The molecule has 0 saturated carbocycles. The number of pyridine rings is 1. The number of ether oxygens (including phenoxy) is 2. The van der Waals surface area contributed by atoms with Gasteiger partial charge in [-0.3, -0.25) is 14.6 Å². The number of nitrogens with one attached hydrogen (secondary N) is 1. The number of benzene rings is 2. The quantitative estimate of drug-likeness (QED) is 0.153. The number of aromatic nitrogens is 3. The highest BCUT2D eigenvalue weighted by molar-refractivity contribution is 7.99. The predicted octanol–water partition coefficient (Wildman–Crippen LogP) is 6.13. The van der Waals surface area contributed by atoms with Crippen molar-refractivity contribution in [3.63, 3.8) is 0 Å². The smallest absolute Gasteiger partial charge is 0.251 e. The molecule has 0 aliphatic heterocycles. The molecule has 0 bridgehead atoms. The first-order valence-corrected chi connectivity index (χ1v) is 14.9. The molecule has 10 heteroatoms. The van der Waals surface area contributed by atoms with Crippen molar-refractivity contribution in [1.29, 1.82) is 0 Å². The third kappa shape index (κ3) is 8.32. The third-order valence-corrected chi connectivity index (χ3v) is 7.66. The number of amides is 2. The number of methoxy groups -OCH3 is 2. The molecule has 1 N–H and O–H groups in total. The highest BCUT2D eigenvalue weighted by atomic mass is 32.2. The van der Waals surface area contributed by atoms with Crippen LogP contribution in [0.3, 0.4) is 0 Å². The molecular formula is C33H37N5O4S. The van der Waals surface area contributed by atoms with E-state index in [9.17, 15) is 9.59 Å². The zero-order chi connectivity index (χ0) is 30.9. The lowest BCUT2D eigenvalue weighted by molar-refractivity contribution is -0.137. The maximum atomic E-state index is 14.2. The summed E-state index contributed by atoms with van der Waals surface area (Å²) in [5, 5.41) is 3.51. The van der Waals surface area contributed by atoms with Gasteiger partial charge in [-0.05, 0) is 60.7 Å². The van der Waals surface area contributed by atoms with Crippen LogP contribution in [0.25, 0.3) is 0 Å². The first-order chi connectivity index (χ1) is 20.7. The topological polar surface area (TPSA) is 107 Å². The zero-order valence-electron chi connectivity index (χ0n) is 25.3. The summed E-state index contributed by atoms with van der Waals surface area (Å²) >= 11 is 1.25. The van der Waals surface area contributed by atoms with Gasteiger partial charge in [-0.1, -0.05) is 55.9 Å². The van der Waals surface area contributed by atoms with Crippen molar-refractivity contribution < 1.29 is 19.1 Å². The van der Waals surface area contributed by atoms with Gasteiger partial charge < -0.3 is 19.7 Å². The fourth-order valence-electron chi connectivity index (χ4n) is 4.62. The largest absolute Gasteiger partial charge is 0.497 e. The van der Waals surface area contributed by atoms with Crippen LogP contribution in [0, 0.1) is 13.8 Å². The summed E-state index contributed by atoms with van der Waals surface area (Å²) in [5.41, 5.74) is 4.72. The van der Waals surface area contributed by atoms with E-state index >= 15 is 0 Å². The molecule has 0 fully saturated rings. The minimum atomic E-state index is -0.957. The van der Waals surface area contributed by atoms with Gasteiger partial charge in [0.25, 0.3) is 5.91 Å². The summed E-state index contributed by atoms with van der Waals surface area (Å²) in [6.45, 7) is 8.18. The number of carbonyl (C=O) groups is 2. The lowest BCUT2D eigenvalue weighted by Gasteiger charge is -2.32. The van der Waals surface area contributed by atoms with Crippen molar-refractivity contribution in [1.82, 2.24) is 19.9 Å². The maximum absolute atomic E-state index is 14.2. The van der Waals surface area contributed by atoms with E-state index in [4.69, 9.17) is 9.47 Å². The van der Waals surface area contributed by atoms with Gasteiger partial charge in [-0.15, -0.1) is 0 Å². The van der Waals surface area contributed by atoms with Crippen molar-refractivity contribution in [3.8, 4) is 11.5 Å². The molecule has 2 amide bonds. The van der Waals surface area contributed by atoms with Crippen LogP contribution < -0.4 is 14.8 Å². The molecule has 1 unspecified atom stereocenters. The minimum absolute atomic E-state index is 0.0445. The molecule has 2 aromatic heterocycles. The van der Waals surface area contributed by atoms with Crippen LogP contribution in [0.15, 0.2) is 78.2 Å². The molecule has 0 spiro atoms. The highest BCUT2D eigenvalue weighted by Gasteiger charge is 2.32. The number of aryl methyl sites for hydroxylation is 2. The molecule has 2 aromatic carbocycles. The van der Waals surface area contributed by atoms with E-state index in [1.54, 1.807) is 42.6 Å². The molecule has 4 aromatic rings. The third-order valence-electron chi connectivity index (χ3n) is 6.83. The highest BCUT2D eigenvalue weighted by Crippen LogP contribution is 2.32. The van der Waals surface area contributed by atoms with Crippen LogP contribution in [-0.4, -0.2) is 51.6 Å². The van der Waals surface area contributed by atoms with Crippen molar-refractivity contribution in [2.75, 3.05) is 25.3 Å². The normalized spacial score (nSPS) is 11.6. The van der Waals surface area contributed by atoms with Crippen molar-refractivity contribution in [2.24, 2.45) is 0 Å². The van der Waals surface area contributed by atoms with Crippen LogP contribution >= 0.6 is 11.8 Å². The molecule has 0 aliphatic rings. The van der Waals surface area contributed by atoms with E-state index in [2.05, 4.69) is 34.1 Å². The Balaban J connectivity index is 1.74. The molecule has 4 rings (SSSR count). The fraction of sp³-hybridized carbons (Fsp3) is 0.303. The average Bonchev–Trinajstić information content (AvgIpc) is 3.00. The van der Waals surface area contributed by atoms with Gasteiger partial charge in [0.1, 0.15) is 17.5 Å². The lowest BCUT2D eigenvalue weighted by Crippen LogP contribution is -2.42. The van der Waals surface area contributed by atoms with Crippen LogP contribution in [0.5, 0.6) is 11.5 Å². The number of rotatable bonds is 12. The van der Waals surface area contributed by atoms with Crippen molar-refractivity contribution >= 4 is 29.3 Å². The van der Waals surface area contributed by atoms with Gasteiger partial charge in [0.15, 0.2) is 5.16 Å². The Morgan fingerprint density at radius 1 is 0.930 bits per heavy atom. The van der Waals surface area contributed by atoms with E-state index in [1.807, 2.05) is 56.3 Å². The summed E-state index contributed by atoms with van der Waals surface area (Å²) < 4.78 is 10.8. The van der Waals surface area contributed by atoms with Gasteiger partial charge in [-0.25, -0.2) is 9.97 Å². The second-order valence-electron chi connectivity index (χ2n) is 10.4. The van der Waals surface area contributed by atoms with Gasteiger partial charge in [-0.2, -0.15) is 0 Å². The first-order valence-electron chi connectivity index (χ1n) is 13.9. The minimum Gasteiger partial charge on any atom is -0.497 e. The predicted molar refractivity (Wildman–Crippen MR) is 168 cm³/mol. The van der Waals surface area contributed by atoms with E-state index in [1.165, 1.54) is 18.9 Å². The summed E-state index contributed by atoms with van der Waals surface area (Å²) in [6, 6.07) is 17.6. The monoisotopic (exact) mass is 599 g/mol. The number of hydrogen-bond acceptors (Lipinski definition) is 8. The van der Waals surface area contributed by atoms with Gasteiger partial charge in [0.2, 0.25) is 5.91 Å². The van der Waals surface area contributed by atoms with Crippen LogP contribution in [0.4, 0.5) is 5.69 Å². The average molecular weight is 600 g/mol. The van der Waals surface area contributed by atoms with E-state index < -0.39 is 6.04 Å². The Bertz CT molecular complexity index is 1530. The van der Waals surface area contributed by atoms with E-state index in [0.717, 1.165) is 22.5 Å². The first kappa shape index (κ1) is 31.5. The zero-order valence-corrected chi connectivity index (χ0v) is 26.1. The van der Waals surface area contributed by atoms with Crippen LogP contribution in [-0.2, 0) is 16.1 Å². The molecule has 224 valence electrons. The second-order valence-corrected chi connectivity index (χ2v) is 11.3. The Labute approximate surface area is 257 Å². The van der Waals surface area contributed by atoms with Crippen LogP contribution in [0.2, 0.25) is 0 Å². The van der Waals surface area contributed by atoms with Gasteiger partial charge >= 0.3 is 0 Å². The number of anilines is 1. The Morgan fingerprint density at radius 2 is 1.63 bits per heavy atom. The summed E-state index contributed by atoms with van der Waals surface area (Å²) in [6.07, 6.45) is 3.37. The molecule has 0 aliphatic carbocycles. The van der Waals surface area contributed by atoms with Crippen molar-refractivity contribution in [3.05, 3.63) is 101 Å². The second kappa shape index (κ2) is 14.6. The molecular weight excluding hydrogens is 562 g/mol. The fourth-order valence-corrected chi connectivity index (χ4v) is 5.45. The lowest BCUT2D eigenvalue weighted by atomic mass is 9.97.